The summed E-state index contributed by atoms with van der Waals surface area (Å²) >= 11 is 6.33. The van der Waals surface area contributed by atoms with Crippen molar-refractivity contribution in [1.82, 2.24) is 10.2 Å². The van der Waals surface area contributed by atoms with Crippen molar-refractivity contribution in [1.29, 1.82) is 0 Å². The summed E-state index contributed by atoms with van der Waals surface area (Å²) in [4.78, 5) is 28.1. The highest BCUT2D eigenvalue weighted by Crippen LogP contribution is 2.28. The largest absolute Gasteiger partial charge is 0.352 e. The number of aryl methyl sites for hydroxylation is 1. The molecule has 1 atom stereocenters. The van der Waals surface area contributed by atoms with Crippen molar-refractivity contribution < 1.29 is 18.0 Å². The minimum absolute atomic E-state index is 0.0414. The molecule has 3 aromatic carbocycles. The number of halogens is 1. The highest BCUT2D eigenvalue weighted by Gasteiger charge is 2.32. The van der Waals surface area contributed by atoms with Gasteiger partial charge in [-0.15, -0.1) is 0 Å². The van der Waals surface area contributed by atoms with Crippen molar-refractivity contribution in [2.75, 3.05) is 10.8 Å². The number of sulfonamides is 1. The van der Waals surface area contributed by atoms with E-state index in [-0.39, 0.29) is 29.1 Å². The first-order valence-corrected chi connectivity index (χ1v) is 13.8. The van der Waals surface area contributed by atoms with Crippen LogP contribution in [0.3, 0.4) is 0 Å². The topological polar surface area (TPSA) is 86.8 Å². The molecule has 9 heteroatoms. The van der Waals surface area contributed by atoms with Crippen LogP contribution in [0, 0.1) is 6.92 Å². The van der Waals surface area contributed by atoms with Crippen molar-refractivity contribution in [2.24, 2.45) is 0 Å². The van der Waals surface area contributed by atoms with Crippen molar-refractivity contribution in [3.05, 3.63) is 95.0 Å². The number of nitrogens with one attached hydrogen (secondary N) is 1. The molecule has 3 aromatic rings. The monoisotopic (exact) mass is 541 g/mol. The molecular weight excluding hydrogens is 510 g/mol. The SMILES string of the molecule is Cc1ccc(N(CC(=O)N(Cc2ccccc2)[C@H](C)C(=O)NC(C)C)S(=O)(=O)c2ccccc2)cc1Cl. The number of hydrogen-bond donors (Lipinski definition) is 1. The minimum Gasteiger partial charge on any atom is -0.352 e. The van der Waals surface area contributed by atoms with Gasteiger partial charge >= 0.3 is 0 Å². The molecule has 0 aliphatic heterocycles. The maximum absolute atomic E-state index is 13.8. The van der Waals surface area contributed by atoms with Crippen LogP contribution in [0.5, 0.6) is 0 Å². The van der Waals surface area contributed by atoms with E-state index in [4.69, 9.17) is 11.6 Å². The van der Waals surface area contributed by atoms with Gasteiger partial charge in [0.25, 0.3) is 10.0 Å². The van der Waals surface area contributed by atoms with Crippen molar-refractivity contribution in [3.63, 3.8) is 0 Å². The Morgan fingerprint density at radius 2 is 1.51 bits per heavy atom. The Labute approximate surface area is 224 Å². The van der Waals surface area contributed by atoms with Crippen LogP contribution in [0.4, 0.5) is 5.69 Å². The highest BCUT2D eigenvalue weighted by molar-refractivity contribution is 7.92. The quantitative estimate of drug-likeness (QED) is 0.400. The van der Waals surface area contributed by atoms with Gasteiger partial charge in [0.15, 0.2) is 0 Å². The average Bonchev–Trinajstić information content (AvgIpc) is 2.87. The molecular formula is C28H32ClN3O4S. The first kappa shape index (κ1) is 28.2. The lowest BCUT2D eigenvalue weighted by Crippen LogP contribution is -2.52. The molecule has 2 amide bonds. The molecule has 0 unspecified atom stereocenters. The summed E-state index contributed by atoms with van der Waals surface area (Å²) in [5.41, 5.74) is 1.85. The van der Waals surface area contributed by atoms with E-state index in [1.165, 1.54) is 23.1 Å². The molecule has 0 spiro atoms. The van der Waals surface area contributed by atoms with Crippen molar-refractivity contribution in [2.45, 2.75) is 51.2 Å². The fraction of sp³-hybridized carbons (Fsp3) is 0.286. The summed E-state index contributed by atoms with van der Waals surface area (Å²) in [6.45, 7) is 6.75. The van der Waals surface area contributed by atoms with Gasteiger partial charge in [-0.2, -0.15) is 0 Å². The molecule has 0 radical (unpaired) electrons. The van der Waals surface area contributed by atoms with Crippen molar-refractivity contribution in [3.8, 4) is 0 Å². The van der Waals surface area contributed by atoms with Crippen LogP contribution in [0.15, 0.2) is 83.8 Å². The van der Waals surface area contributed by atoms with E-state index >= 15 is 0 Å². The molecule has 3 rings (SSSR count). The normalized spacial score (nSPS) is 12.2. The van der Waals surface area contributed by atoms with Crippen LogP contribution in [0.2, 0.25) is 5.02 Å². The molecule has 0 bridgehead atoms. The van der Waals surface area contributed by atoms with Crippen LogP contribution >= 0.6 is 11.6 Å². The molecule has 0 aromatic heterocycles. The van der Waals surface area contributed by atoms with Crippen LogP contribution in [-0.2, 0) is 26.2 Å². The fourth-order valence-electron chi connectivity index (χ4n) is 3.75. The highest BCUT2D eigenvalue weighted by atomic mass is 35.5. The van der Waals surface area contributed by atoms with Gasteiger partial charge in [-0.3, -0.25) is 13.9 Å². The lowest BCUT2D eigenvalue weighted by atomic mass is 10.1. The second-order valence-electron chi connectivity index (χ2n) is 9.10. The number of anilines is 1. The fourth-order valence-corrected chi connectivity index (χ4v) is 5.36. The van der Waals surface area contributed by atoms with Crippen LogP contribution < -0.4 is 9.62 Å². The second kappa shape index (κ2) is 12.3. The number of carbonyl (C=O) groups is 2. The Bertz CT molecular complexity index is 1330. The minimum atomic E-state index is -4.12. The third-order valence-electron chi connectivity index (χ3n) is 5.85. The van der Waals surface area contributed by atoms with Gasteiger partial charge in [-0.1, -0.05) is 66.2 Å². The molecule has 1 N–H and O–H groups in total. The Hall–Kier alpha value is -3.36. The molecule has 0 aliphatic rings. The number of hydrogen-bond acceptors (Lipinski definition) is 4. The number of carbonyl (C=O) groups excluding carboxylic acids is 2. The third-order valence-corrected chi connectivity index (χ3v) is 8.04. The second-order valence-corrected chi connectivity index (χ2v) is 11.4. The first-order chi connectivity index (χ1) is 17.5. The Morgan fingerprint density at radius 1 is 0.919 bits per heavy atom. The lowest BCUT2D eigenvalue weighted by Gasteiger charge is -2.32. The number of rotatable bonds is 10. The summed E-state index contributed by atoms with van der Waals surface area (Å²) in [6, 6.07) is 21.1. The number of amides is 2. The lowest BCUT2D eigenvalue weighted by molar-refractivity contribution is -0.139. The molecule has 7 nitrogen and oxygen atoms in total. The van der Waals surface area contributed by atoms with E-state index in [0.29, 0.717) is 5.02 Å². The maximum Gasteiger partial charge on any atom is 0.264 e. The third kappa shape index (κ3) is 7.11. The summed E-state index contributed by atoms with van der Waals surface area (Å²) in [6.07, 6.45) is 0. The summed E-state index contributed by atoms with van der Waals surface area (Å²) < 4.78 is 28.5. The van der Waals surface area contributed by atoms with E-state index in [0.717, 1.165) is 15.4 Å². The van der Waals surface area contributed by atoms with E-state index in [1.54, 1.807) is 37.3 Å². The molecule has 37 heavy (non-hydrogen) atoms. The molecule has 0 saturated heterocycles. The van der Waals surface area contributed by atoms with Crippen molar-refractivity contribution >= 4 is 39.1 Å². The standard InChI is InChI=1S/C28H32ClN3O4S/c1-20(2)30-28(34)22(4)31(18-23-11-7-5-8-12-23)27(33)19-32(24-16-15-21(3)26(29)17-24)37(35,36)25-13-9-6-10-14-25/h5-17,20,22H,18-19H2,1-4H3,(H,30,34)/t22-/m1/s1. The zero-order chi connectivity index (χ0) is 27.2. The predicted molar refractivity (Wildman–Crippen MR) is 147 cm³/mol. The summed E-state index contributed by atoms with van der Waals surface area (Å²) in [5, 5.41) is 3.22. The Balaban J connectivity index is 2.03. The summed E-state index contributed by atoms with van der Waals surface area (Å²) in [7, 11) is -4.12. The van der Waals surface area contributed by atoms with Crippen LogP contribution in [0.1, 0.15) is 31.9 Å². The number of benzene rings is 3. The van der Waals surface area contributed by atoms with Gasteiger partial charge in [0.2, 0.25) is 11.8 Å². The first-order valence-electron chi connectivity index (χ1n) is 12.0. The maximum atomic E-state index is 13.8. The van der Waals surface area contributed by atoms with E-state index in [1.807, 2.05) is 51.1 Å². The van der Waals surface area contributed by atoms with Gasteiger partial charge in [-0.05, 0) is 63.1 Å². The zero-order valence-electron chi connectivity index (χ0n) is 21.4. The van der Waals surface area contributed by atoms with E-state index < -0.39 is 28.5 Å². The molecule has 0 heterocycles. The van der Waals surface area contributed by atoms with Crippen LogP contribution in [0.25, 0.3) is 0 Å². The molecule has 0 saturated carbocycles. The van der Waals surface area contributed by atoms with Crippen LogP contribution in [-0.4, -0.2) is 43.8 Å². The zero-order valence-corrected chi connectivity index (χ0v) is 23.0. The van der Waals surface area contributed by atoms with Gasteiger partial charge in [0.1, 0.15) is 12.6 Å². The predicted octanol–water partition coefficient (Wildman–Crippen LogP) is 4.79. The number of nitrogens with zero attached hydrogens (tertiary/aromatic N) is 2. The van der Waals surface area contributed by atoms with E-state index in [9.17, 15) is 18.0 Å². The van der Waals surface area contributed by atoms with Gasteiger partial charge < -0.3 is 10.2 Å². The van der Waals surface area contributed by atoms with Gasteiger partial charge in [0, 0.05) is 17.6 Å². The van der Waals surface area contributed by atoms with Gasteiger partial charge in [0.05, 0.1) is 10.6 Å². The van der Waals surface area contributed by atoms with E-state index in [2.05, 4.69) is 5.32 Å². The average molecular weight is 542 g/mol. The molecule has 196 valence electrons. The molecule has 0 fully saturated rings. The Morgan fingerprint density at radius 3 is 2.08 bits per heavy atom. The molecule has 0 aliphatic carbocycles. The smallest absolute Gasteiger partial charge is 0.264 e. The Kier molecular flexibility index (Phi) is 9.34. The van der Waals surface area contributed by atoms with Gasteiger partial charge in [-0.25, -0.2) is 8.42 Å². The summed E-state index contributed by atoms with van der Waals surface area (Å²) in [5.74, 6) is -0.846.